The average Bonchev–Trinajstić information content (AvgIpc) is 3.00. The topological polar surface area (TPSA) is 111 Å². The van der Waals surface area contributed by atoms with Crippen LogP contribution in [0.2, 0.25) is 0 Å². The maximum atomic E-state index is 12.5. The minimum atomic E-state index is -0.461. The summed E-state index contributed by atoms with van der Waals surface area (Å²) in [7, 11) is 4.42. The van der Waals surface area contributed by atoms with Crippen molar-refractivity contribution in [2.75, 3.05) is 27.9 Å². The number of hydrogen-bond donors (Lipinski definition) is 2. The van der Waals surface area contributed by atoms with Crippen molar-refractivity contribution in [3.8, 4) is 17.2 Å². The molecule has 0 atom stereocenters. The van der Waals surface area contributed by atoms with Gasteiger partial charge in [0.05, 0.1) is 34.2 Å². The fourth-order valence-corrected chi connectivity index (χ4v) is 2.80. The third-order valence-corrected chi connectivity index (χ3v) is 4.26. The number of methoxy groups -OCH3 is 3. The number of hydrazone groups is 1. The molecule has 0 aliphatic carbocycles. The van der Waals surface area contributed by atoms with Crippen LogP contribution in [0.3, 0.4) is 0 Å². The zero-order chi connectivity index (χ0) is 21.6. The highest BCUT2D eigenvalue weighted by Gasteiger charge is 2.18. The average molecular weight is 403 g/mol. The second-order valence-corrected chi connectivity index (χ2v) is 6.00. The van der Waals surface area contributed by atoms with Crippen LogP contribution < -0.4 is 19.6 Å². The Balaban J connectivity index is 2.21. The zero-order valence-corrected chi connectivity index (χ0v) is 17.3. The molecule has 0 radical (unpaired) electrons. The number of nitrogens with zero attached hydrogens (tertiary/aromatic N) is 1. The summed E-state index contributed by atoms with van der Waals surface area (Å²) in [6.45, 7) is 5.60. The second-order valence-electron chi connectivity index (χ2n) is 6.00. The number of ether oxygens (including phenoxy) is 4. The molecule has 1 aromatic heterocycles. The molecule has 0 spiro atoms. The lowest BCUT2D eigenvalue weighted by Crippen LogP contribution is -2.18. The van der Waals surface area contributed by atoms with Gasteiger partial charge in [-0.15, -0.1) is 0 Å². The van der Waals surface area contributed by atoms with Gasteiger partial charge in [-0.25, -0.2) is 10.2 Å². The monoisotopic (exact) mass is 403 g/mol. The molecule has 2 rings (SSSR count). The van der Waals surface area contributed by atoms with Gasteiger partial charge in [-0.3, -0.25) is 4.79 Å². The molecule has 0 aliphatic rings. The summed E-state index contributed by atoms with van der Waals surface area (Å²) in [6, 6.07) is 3.05. The third-order valence-electron chi connectivity index (χ3n) is 4.26. The number of carbonyl (C=O) groups is 2. The van der Waals surface area contributed by atoms with Crippen LogP contribution in [-0.2, 0) is 4.74 Å². The van der Waals surface area contributed by atoms with E-state index in [0.29, 0.717) is 34.1 Å². The van der Waals surface area contributed by atoms with Crippen molar-refractivity contribution in [1.82, 2.24) is 10.4 Å². The zero-order valence-electron chi connectivity index (χ0n) is 17.3. The van der Waals surface area contributed by atoms with Crippen LogP contribution in [0, 0.1) is 13.8 Å². The fraction of sp³-hybridized carbons (Fsp3) is 0.350. The molecule has 0 unspecified atom stereocenters. The highest BCUT2D eigenvalue weighted by atomic mass is 16.5. The van der Waals surface area contributed by atoms with E-state index in [1.54, 1.807) is 20.8 Å². The Morgan fingerprint density at radius 2 is 1.72 bits per heavy atom. The Morgan fingerprint density at radius 1 is 1.10 bits per heavy atom. The summed E-state index contributed by atoms with van der Waals surface area (Å²) in [5.74, 6) is 0.209. The minimum absolute atomic E-state index is 0.282. The predicted octanol–water partition coefficient (Wildman–Crippen LogP) is 2.60. The number of amides is 1. The first-order valence-corrected chi connectivity index (χ1v) is 8.87. The number of H-pyrrole nitrogens is 1. The van der Waals surface area contributed by atoms with Crippen LogP contribution in [0.25, 0.3) is 0 Å². The van der Waals surface area contributed by atoms with E-state index in [-0.39, 0.29) is 12.2 Å². The molecule has 9 nitrogen and oxygen atoms in total. The van der Waals surface area contributed by atoms with Crippen LogP contribution in [0.5, 0.6) is 17.2 Å². The molecule has 29 heavy (non-hydrogen) atoms. The molecule has 0 fully saturated rings. The normalized spacial score (nSPS) is 10.7. The number of aromatic nitrogens is 1. The molecule has 0 aliphatic heterocycles. The molecule has 1 aromatic carbocycles. The lowest BCUT2D eigenvalue weighted by Gasteiger charge is -2.13. The highest BCUT2D eigenvalue weighted by molar-refractivity contribution is 5.97. The molecule has 1 heterocycles. The van der Waals surface area contributed by atoms with Gasteiger partial charge in [-0.05, 0) is 38.5 Å². The molecule has 9 heteroatoms. The molecule has 2 aromatic rings. The Bertz CT molecular complexity index is 908. The van der Waals surface area contributed by atoms with Gasteiger partial charge in [0.25, 0.3) is 5.91 Å². The van der Waals surface area contributed by atoms with Crippen molar-refractivity contribution in [2.24, 2.45) is 5.10 Å². The van der Waals surface area contributed by atoms with Gasteiger partial charge in [0.15, 0.2) is 11.5 Å². The molecule has 2 N–H and O–H groups in total. The summed E-state index contributed by atoms with van der Waals surface area (Å²) in [4.78, 5) is 27.4. The Kier molecular flexibility index (Phi) is 7.24. The summed E-state index contributed by atoms with van der Waals surface area (Å²) < 4.78 is 20.8. The Hall–Kier alpha value is -3.49. The second kappa shape index (κ2) is 9.63. The van der Waals surface area contributed by atoms with Crippen LogP contribution >= 0.6 is 0 Å². The number of carbonyl (C=O) groups excluding carboxylic acids is 2. The van der Waals surface area contributed by atoms with Crippen LogP contribution in [-0.4, -0.2) is 51.0 Å². The first-order chi connectivity index (χ1) is 13.9. The summed E-state index contributed by atoms with van der Waals surface area (Å²) >= 11 is 0. The van der Waals surface area contributed by atoms with E-state index in [2.05, 4.69) is 15.5 Å². The third kappa shape index (κ3) is 4.68. The van der Waals surface area contributed by atoms with Crippen molar-refractivity contribution in [2.45, 2.75) is 20.8 Å². The number of nitrogens with one attached hydrogen (secondary N) is 2. The minimum Gasteiger partial charge on any atom is -0.493 e. The van der Waals surface area contributed by atoms with E-state index in [1.807, 2.05) is 0 Å². The van der Waals surface area contributed by atoms with E-state index >= 15 is 0 Å². The number of esters is 1. The molecule has 156 valence electrons. The highest BCUT2D eigenvalue weighted by Crippen LogP contribution is 2.38. The largest absolute Gasteiger partial charge is 0.493 e. The fourth-order valence-electron chi connectivity index (χ4n) is 2.80. The van der Waals surface area contributed by atoms with Gasteiger partial charge in [0.1, 0.15) is 5.69 Å². The number of hydrogen-bond acceptors (Lipinski definition) is 7. The lowest BCUT2D eigenvalue weighted by molar-refractivity contribution is 0.0519. The molecular weight excluding hydrogens is 378 g/mol. The molecule has 0 saturated carbocycles. The maximum absolute atomic E-state index is 12.5. The first kappa shape index (κ1) is 21.8. The maximum Gasteiger partial charge on any atom is 0.355 e. The van der Waals surface area contributed by atoms with Gasteiger partial charge >= 0.3 is 5.97 Å². The van der Waals surface area contributed by atoms with Crippen molar-refractivity contribution in [1.29, 1.82) is 0 Å². The lowest BCUT2D eigenvalue weighted by atomic mass is 10.1. The van der Waals surface area contributed by atoms with Gasteiger partial charge in [-0.2, -0.15) is 5.10 Å². The quantitative estimate of drug-likeness (QED) is 0.398. The number of aromatic amines is 1. The summed E-state index contributed by atoms with van der Waals surface area (Å²) in [5, 5.41) is 4.00. The number of aryl methyl sites for hydroxylation is 1. The summed E-state index contributed by atoms with van der Waals surface area (Å²) in [6.07, 6.45) is 1.47. The van der Waals surface area contributed by atoms with Crippen molar-refractivity contribution in [3.63, 3.8) is 0 Å². The number of benzene rings is 1. The molecule has 0 saturated heterocycles. The van der Waals surface area contributed by atoms with Crippen molar-refractivity contribution < 1.29 is 28.5 Å². The smallest absolute Gasteiger partial charge is 0.355 e. The Labute approximate surface area is 169 Å². The van der Waals surface area contributed by atoms with E-state index in [4.69, 9.17) is 18.9 Å². The van der Waals surface area contributed by atoms with Gasteiger partial charge in [0, 0.05) is 16.8 Å². The first-order valence-electron chi connectivity index (χ1n) is 8.87. The van der Waals surface area contributed by atoms with Gasteiger partial charge in [0.2, 0.25) is 5.75 Å². The van der Waals surface area contributed by atoms with Gasteiger partial charge < -0.3 is 23.9 Å². The summed E-state index contributed by atoms with van der Waals surface area (Å²) in [5.41, 5.74) is 5.21. The van der Waals surface area contributed by atoms with E-state index < -0.39 is 11.9 Å². The van der Waals surface area contributed by atoms with Crippen LogP contribution in [0.4, 0.5) is 0 Å². The van der Waals surface area contributed by atoms with E-state index in [1.165, 1.54) is 39.7 Å². The SMILES string of the molecule is CCOC(=O)c1[nH]c(C)c(C=NNC(=O)c2cc(OC)c(OC)c(OC)c2)c1C. The van der Waals surface area contributed by atoms with Crippen molar-refractivity contribution >= 4 is 18.1 Å². The standard InChI is InChI=1S/C20H25N3O6/c1-7-29-20(25)17-11(2)14(12(3)22-17)10-21-23-19(24)13-8-15(26-4)18(28-6)16(9-13)27-5/h8-10,22H,7H2,1-6H3,(H,23,24). The van der Waals surface area contributed by atoms with E-state index in [0.717, 1.165) is 5.69 Å². The van der Waals surface area contributed by atoms with E-state index in [9.17, 15) is 9.59 Å². The Morgan fingerprint density at radius 3 is 2.24 bits per heavy atom. The van der Waals surface area contributed by atoms with Gasteiger partial charge in [-0.1, -0.05) is 0 Å². The molecular formula is C20H25N3O6. The molecule has 1 amide bonds. The van der Waals surface area contributed by atoms with Crippen LogP contribution in [0.15, 0.2) is 17.2 Å². The number of rotatable bonds is 8. The van der Waals surface area contributed by atoms with Crippen molar-refractivity contribution in [3.05, 3.63) is 40.2 Å². The molecule has 0 bridgehead atoms. The predicted molar refractivity (Wildman–Crippen MR) is 107 cm³/mol. The van der Waals surface area contributed by atoms with Crippen LogP contribution in [0.1, 0.15) is 44.6 Å².